The first-order valence-electron chi connectivity index (χ1n) is 9.12. The molecule has 0 unspecified atom stereocenters. The fourth-order valence-corrected chi connectivity index (χ4v) is 3.74. The standard InChI is InChI=1S/C22H21N5S/c1-15-11-12-24-21(13-15)27-20-4-2-3-18(26-20)19-14-25-22(28-19)10-7-16-5-8-17(23)9-6-16/h2-6,8-9,11-14H,7,10,23H2,1H3,(H,24,26,27). The Bertz CT molecular complexity index is 1070. The highest BCUT2D eigenvalue weighted by atomic mass is 32.1. The number of benzene rings is 1. The van der Waals surface area contributed by atoms with E-state index in [1.807, 2.05) is 55.6 Å². The van der Waals surface area contributed by atoms with E-state index in [1.165, 1.54) is 5.56 Å². The van der Waals surface area contributed by atoms with E-state index in [1.54, 1.807) is 17.5 Å². The zero-order valence-electron chi connectivity index (χ0n) is 15.6. The van der Waals surface area contributed by atoms with Gasteiger partial charge in [-0.1, -0.05) is 18.2 Å². The summed E-state index contributed by atoms with van der Waals surface area (Å²) in [4.78, 5) is 14.7. The number of thiazole rings is 1. The van der Waals surface area contributed by atoms with Gasteiger partial charge in [-0.05, 0) is 60.9 Å². The highest BCUT2D eigenvalue weighted by molar-refractivity contribution is 7.15. The molecule has 140 valence electrons. The molecule has 0 bridgehead atoms. The van der Waals surface area contributed by atoms with E-state index in [4.69, 9.17) is 10.7 Å². The van der Waals surface area contributed by atoms with Crippen LogP contribution < -0.4 is 11.1 Å². The number of anilines is 3. The topological polar surface area (TPSA) is 76.7 Å². The van der Waals surface area contributed by atoms with Gasteiger partial charge in [-0.25, -0.2) is 15.0 Å². The Balaban J connectivity index is 1.45. The maximum atomic E-state index is 5.74. The van der Waals surface area contributed by atoms with Crippen LogP contribution in [0, 0.1) is 6.92 Å². The molecule has 0 aliphatic carbocycles. The lowest BCUT2D eigenvalue weighted by atomic mass is 10.1. The molecule has 5 nitrogen and oxygen atoms in total. The van der Waals surface area contributed by atoms with Crippen LogP contribution >= 0.6 is 11.3 Å². The number of rotatable bonds is 6. The summed E-state index contributed by atoms with van der Waals surface area (Å²) in [5, 5.41) is 4.37. The second-order valence-electron chi connectivity index (χ2n) is 6.61. The molecule has 4 rings (SSSR count). The Kier molecular flexibility index (Phi) is 5.30. The molecular formula is C22H21N5S. The molecule has 3 heterocycles. The highest BCUT2D eigenvalue weighted by Crippen LogP contribution is 2.27. The van der Waals surface area contributed by atoms with Crippen LogP contribution in [0.2, 0.25) is 0 Å². The molecule has 0 fully saturated rings. The van der Waals surface area contributed by atoms with Gasteiger partial charge < -0.3 is 11.1 Å². The molecule has 0 aliphatic heterocycles. The fourth-order valence-electron chi connectivity index (χ4n) is 2.86. The number of aryl methyl sites for hydroxylation is 3. The molecular weight excluding hydrogens is 366 g/mol. The van der Waals surface area contributed by atoms with Crippen molar-refractivity contribution in [2.45, 2.75) is 19.8 Å². The van der Waals surface area contributed by atoms with Crippen molar-refractivity contribution in [3.8, 4) is 10.6 Å². The van der Waals surface area contributed by atoms with E-state index in [2.05, 4.69) is 27.4 Å². The van der Waals surface area contributed by atoms with Crippen molar-refractivity contribution >= 4 is 28.7 Å². The lowest BCUT2D eigenvalue weighted by Crippen LogP contribution is -1.96. The third kappa shape index (κ3) is 4.53. The summed E-state index contributed by atoms with van der Waals surface area (Å²) < 4.78 is 0. The third-order valence-corrected chi connectivity index (χ3v) is 5.41. The van der Waals surface area contributed by atoms with Crippen LogP contribution in [0.3, 0.4) is 0 Å². The molecule has 0 radical (unpaired) electrons. The predicted molar refractivity (Wildman–Crippen MR) is 116 cm³/mol. The van der Waals surface area contributed by atoms with Crippen LogP contribution in [-0.2, 0) is 12.8 Å². The summed E-state index contributed by atoms with van der Waals surface area (Å²) in [6.07, 6.45) is 5.54. The number of nitrogens with zero attached hydrogens (tertiary/aromatic N) is 3. The summed E-state index contributed by atoms with van der Waals surface area (Å²) in [7, 11) is 0. The Morgan fingerprint density at radius 3 is 2.64 bits per heavy atom. The normalized spacial score (nSPS) is 10.8. The smallest absolute Gasteiger partial charge is 0.132 e. The van der Waals surface area contributed by atoms with Gasteiger partial charge in [-0.3, -0.25) is 0 Å². The third-order valence-electron chi connectivity index (χ3n) is 4.33. The Labute approximate surface area is 168 Å². The van der Waals surface area contributed by atoms with Crippen LogP contribution in [0.1, 0.15) is 16.1 Å². The molecule has 28 heavy (non-hydrogen) atoms. The molecule has 0 amide bonds. The van der Waals surface area contributed by atoms with Crippen molar-refractivity contribution in [3.05, 3.63) is 83.1 Å². The van der Waals surface area contributed by atoms with Crippen molar-refractivity contribution in [3.63, 3.8) is 0 Å². The summed E-state index contributed by atoms with van der Waals surface area (Å²) in [5.41, 5.74) is 9.87. The van der Waals surface area contributed by atoms with E-state index >= 15 is 0 Å². The van der Waals surface area contributed by atoms with Gasteiger partial charge in [-0.15, -0.1) is 11.3 Å². The van der Waals surface area contributed by atoms with Gasteiger partial charge in [0.05, 0.1) is 15.6 Å². The number of nitrogens with one attached hydrogen (secondary N) is 1. The largest absolute Gasteiger partial charge is 0.399 e. The Hall–Kier alpha value is -3.25. The van der Waals surface area contributed by atoms with Crippen molar-refractivity contribution in [2.75, 3.05) is 11.1 Å². The van der Waals surface area contributed by atoms with E-state index in [9.17, 15) is 0 Å². The summed E-state index contributed by atoms with van der Waals surface area (Å²) in [6.45, 7) is 2.04. The van der Waals surface area contributed by atoms with Crippen LogP contribution in [0.15, 0.2) is 67.0 Å². The van der Waals surface area contributed by atoms with Crippen LogP contribution in [0.5, 0.6) is 0 Å². The van der Waals surface area contributed by atoms with Gasteiger partial charge in [-0.2, -0.15) is 0 Å². The second kappa shape index (κ2) is 8.19. The number of hydrogen-bond acceptors (Lipinski definition) is 6. The molecule has 0 aliphatic rings. The Morgan fingerprint density at radius 2 is 1.82 bits per heavy atom. The first-order valence-corrected chi connectivity index (χ1v) is 9.93. The average Bonchev–Trinajstić information content (AvgIpc) is 3.17. The van der Waals surface area contributed by atoms with Gasteiger partial charge >= 0.3 is 0 Å². The number of nitrogens with two attached hydrogens (primary N) is 1. The molecule has 0 saturated heterocycles. The van der Waals surface area contributed by atoms with Gasteiger partial charge in [0.2, 0.25) is 0 Å². The molecule has 6 heteroatoms. The zero-order chi connectivity index (χ0) is 19.3. The predicted octanol–water partition coefficient (Wildman–Crippen LogP) is 5.02. The molecule has 3 N–H and O–H groups in total. The SMILES string of the molecule is Cc1ccnc(Nc2cccc(-c3cnc(CCc4ccc(N)cc4)s3)n2)c1. The van der Waals surface area contributed by atoms with Crippen LogP contribution in [0.4, 0.5) is 17.3 Å². The molecule has 4 aromatic rings. The maximum absolute atomic E-state index is 5.74. The zero-order valence-corrected chi connectivity index (χ0v) is 16.4. The first-order chi connectivity index (χ1) is 13.7. The summed E-state index contributed by atoms with van der Waals surface area (Å²) in [6, 6.07) is 17.9. The molecule has 1 aromatic carbocycles. The number of pyridine rings is 2. The van der Waals surface area contributed by atoms with Crippen LogP contribution in [0.25, 0.3) is 10.6 Å². The number of nitrogen functional groups attached to an aromatic ring is 1. The molecule has 0 saturated carbocycles. The molecule has 3 aromatic heterocycles. The minimum atomic E-state index is 0.771. The van der Waals surface area contributed by atoms with Gasteiger partial charge in [0, 0.05) is 24.5 Å². The van der Waals surface area contributed by atoms with Crippen LogP contribution in [-0.4, -0.2) is 15.0 Å². The van der Waals surface area contributed by atoms with Gasteiger partial charge in [0.25, 0.3) is 0 Å². The number of aromatic nitrogens is 3. The minimum absolute atomic E-state index is 0.771. The summed E-state index contributed by atoms with van der Waals surface area (Å²) in [5.74, 6) is 1.56. The van der Waals surface area contributed by atoms with E-state index in [0.717, 1.165) is 51.3 Å². The second-order valence-corrected chi connectivity index (χ2v) is 7.73. The van der Waals surface area contributed by atoms with E-state index < -0.39 is 0 Å². The monoisotopic (exact) mass is 387 g/mol. The quantitative estimate of drug-likeness (QED) is 0.454. The van der Waals surface area contributed by atoms with Crippen molar-refractivity contribution in [1.29, 1.82) is 0 Å². The number of hydrogen-bond donors (Lipinski definition) is 2. The average molecular weight is 388 g/mol. The molecule has 0 spiro atoms. The van der Waals surface area contributed by atoms with Gasteiger partial charge in [0.15, 0.2) is 0 Å². The van der Waals surface area contributed by atoms with E-state index in [0.29, 0.717) is 0 Å². The van der Waals surface area contributed by atoms with Crippen molar-refractivity contribution < 1.29 is 0 Å². The molecule has 0 atom stereocenters. The highest BCUT2D eigenvalue weighted by Gasteiger charge is 2.08. The maximum Gasteiger partial charge on any atom is 0.132 e. The minimum Gasteiger partial charge on any atom is -0.399 e. The first kappa shape index (κ1) is 18.1. The summed E-state index contributed by atoms with van der Waals surface area (Å²) >= 11 is 1.68. The van der Waals surface area contributed by atoms with E-state index in [-0.39, 0.29) is 0 Å². The van der Waals surface area contributed by atoms with Gasteiger partial charge in [0.1, 0.15) is 11.6 Å². The fraction of sp³-hybridized carbons (Fsp3) is 0.136. The lowest BCUT2D eigenvalue weighted by molar-refractivity contribution is 0.944. The van der Waals surface area contributed by atoms with Crippen molar-refractivity contribution in [1.82, 2.24) is 15.0 Å². The lowest BCUT2D eigenvalue weighted by Gasteiger charge is -2.06. The Morgan fingerprint density at radius 1 is 0.964 bits per heavy atom. The van der Waals surface area contributed by atoms with Crippen molar-refractivity contribution in [2.24, 2.45) is 0 Å².